The van der Waals surface area contributed by atoms with Gasteiger partial charge in [0, 0.05) is 11.4 Å². The summed E-state index contributed by atoms with van der Waals surface area (Å²) in [6.45, 7) is 3.81. The Hall–Kier alpha value is -1.59. The molecule has 0 heterocycles. The van der Waals surface area contributed by atoms with Gasteiger partial charge in [-0.3, -0.25) is 4.79 Å². The van der Waals surface area contributed by atoms with Gasteiger partial charge in [-0.05, 0) is 30.0 Å². The Bertz CT molecular complexity index is 519. The van der Waals surface area contributed by atoms with E-state index in [9.17, 15) is 14.7 Å². The van der Waals surface area contributed by atoms with Crippen LogP contribution in [0.2, 0.25) is 5.02 Å². The standard InChI is InChI=1S/C16H22ClNO4/c1-10(2)7-14(19)15(20)18-13(16(21)22-3)9-11-5-4-6-12(17)8-11/h4-6,8,10,13-14,19H,7,9H2,1-3H3,(H,18,20)/t13-,14-/m1/s1. The lowest BCUT2D eigenvalue weighted by molar-refractivity contribution is -0.146. The fourth-order valence-corrected chi connectivity index (χ4v) is 2.27. The van der Waals surface area contributed by atoms with E-state index in [1.807, 2.05) is 13.8 Å². The van der Waals surface area contributed by atoms with Gasteiger partial charge >= 0.3 is 5.97 Å². The normalized spacial score (nSPS) is 13.5. The molecule has 0 aliphatic rings. The largest absolute Gasteiger partial charge is 0.467 e. The van der Waals surface area contributed by atoms with Crippen molar-refractivity contribution in [3.05, 3.63) is 34.9 Å². The molecule has 122 valence electrons. The average molecular weight is 328 g/mol. The second-order valence-electron chi connectivity index (χ2n) is 5.56. The lowest BCUT2D eigenvalue weighted by Crippen LogP contribution is -2.47. The summed E-state index contributed by atoms with van der Waals surface area (Å²) in [4.78, 5) is 23.8. The fourth-order valence-electron chi connectivity index (χ4n) is 2.06. The number of nitrogens with one attached hydrogen (secondary N) is 1. The molecule has 0 saturated heterocycles. The molecule has 0 fully saturated rings. The number of amides is 1. The maximum atomic E-state index is 12.0. The second-order valence-corrected chi connectivity index (χ2v) is 6.00. The zero-order valence-corrected chi connectivity index (χ0v) is 13.8. The summed E-state index contributed by atoms with van der Waals surface area (Å²) >= 11 is 5.91. The van der Waals surface area contributed by atoms with Crippen LogP contribution in [0.5, 0.6) is 0 Å². The van der Waals surface area contributed by atoms with Crippen molar-refractivity contribution in [2.45, 2.75) is 38.8 Å². The molecule has 0 saturated carbocycles. The van der Waals surface area contributed by atoms with Gasteiger partial charge in [0.1, 0.15) is 12.1 Å². The van der Waals surface area contributed by atoms with Crippen LogP contribution in [-0.4, -0.2) is 36.2 Å². The highest BCUT2D eigenvalue weighted by Gasteiger charge is 2.25. The third-order valence-electron chi connectivity index (χ3n) is 3.13. The molecule has 2 N–H and O–H groups in total. The highest BCUT2D eigenvalue weighted by atomic mass is 35.5. The number of carbonyl (C=O) groups excluding carboxylic acids is 2. The monoisotopic (exact) mass is 327 g/mol. The number of halogens is 1. The second kappa shape index (κ2) is 8.76. The molecule has 0 unspecified atom stereocenters. The molecule has 6 heteroatoms. The number of hydrogen-bond donors (Lipinski definition) is 2. The van der Waals surface area contributed by atoms with Crippen LogP contribution in [0, 0.1) is 5.92 Å². The van der Waals surface area contributed by atoms with Crippen LogP contribution in [0.15, 0.2) is 24.3 Å². The number of carbonyl (C=O) groups is 2. The first-order valence-electron chi connectivity index (χ1n) is 7.14. The number of rotatable bonds is 7. The van der Waals surface area contributed by atoms with E-state index in [2.05, 4.69) is 5.32 Å². The van der Waals surface area contributed by atoms with Crippen molar-refractivity contribution in [3.8, 4) is 0 Å². The van der Waals surface area contributed by atoms with E-state index < -0.39 is 24.0 Å². The molecule has 0 spiro atoms. The lowest BCUT2D eigenvalue weighted by atomic mass is 10.0. The molecular weight excluding hydrogens is 306 g/mol. The predicted octanol–water partition coefficient (Wildman–Crippen LogP) is 1.95. The summed E-state index contributed by atoms with van der Waals surface area (Å²) < 4.78 is 4.71. The Labute approximate surface area is 135 Å². The van der Waals surface area contributed by atoms with Gasteiger partial charge in [0.2, 0.25) is 5.91 Å². The van der Waals surface area contributed by atoms with Crippen molar-refractivity contribution in [1.82, 2.24) is 5.32 Å². The van der Waals surface area contributed by atoms with Gasteiger partial charge < -0.3 is 15.2 Å². The Kier molecular flexibility index (Phi) is 7.35. The third-order valence-corrected chi connectivity index (χ3v) is 3.36. The minimum Gasteiger partial charge on any atom is -0.467 e. The number of aliphatic hydroxyl groups excluding tert-OH is 1. The fraction of sp³-hybridized carbons (Fsp3) is 0.500. The maximum Gasteiger partial charge on any atom is 0.328 e. The summed E-state index contributed by atoms with van der Waals surface area (Å²) in [5.41, 5.74) is 0.793. The van der Waals surface area contributed by atoms with Crippen LogP contribution in [0.3, 0.4) is 0 Å². The zero-order chi connectivity index (χ0) is 16.7. The Morgan fingerprint density at radius 2 is 2.05 bits per heavy atom. The lowest BCUT2D eigenvalue weighted by Gasteiger charge is -2.19. The minimum absolute atomic E-state index is 0.172. The molecule has 0 aliphatic carbocycles. The van der Waals surface area contributed by atoms with Crippen molar-refractivity contribution in [3.63, 3.8) is 0 Å². The Morgan fingerprint density at radius 3 is 2.59 bits per heavy atom. The van der Waals surface area contributed by atoms with E-state index in [1.165, 1.54) is 7.11 Å². The molecule has 0 aromatic heterocycles. The van der Waals surface area contributed by atoms with Crippen molar-refractivity contribution < 1.29 is 19.4 Å². The first-order valence-corrected chi connectivity index (χ1v) is 7.52. The van der Waals surface area contributed by atoms with Gasteiger partial charge in [0.15, 0.2) is 0 Å². The third kappa shape index (κ3) is 6.03. The molecule has 1 aromatic rings. The summed E-state index contributed by atoms with van der Waals surface area (Å²) in [7, 11) is 1.25. The molecule has 1 rings (SSSR count). The van der Waals surface area contributed by atoms with Crippen LogP contribution in [0.25, 0.3) is 0 Å². The molecule has 2 atom stereocenters. The number of methoxy groups -OCH3 is 1. The molecule has 0 aliphatic heterocycles. The molecular formula is C16H22ClNO4. The smallest absolute Gasteiger partial charge is 0.328 e. The molecule has 5 nitrogen and oxygen atoms in total. The molecule has 22 heavy (non-hydrogen) atoms. The molecule has 0 radical (unpaired) electrons. The minimum atomic E-state index is -1.15. The van der Waals surface area contributed by atoms with Gasteiger partial charge in [-0.1, -0.05) is 37.6 Å². The Morgan fingerprint density at radius 1 is 1.36 bits per heavy atom. The summed E-state index contributed by atoms with van der Waals surface area (Å²) in [5, 5.41) is 12.9. The van der Waals surface area contributed by atoms with Crippen molar-refractivity contribution in [1.29, 1.82) is 0 Å². The highest BCUT2D eigenvalue weighted by molar-refractivity contribution is 6.30. The summed E-state index contributed by atoms with van der Waals surface area (Å²) in [6.07, 6.45) is -0.573. The number of esters is 1. The van der Waals surface area contributed by atoms with Crippen molar-refractivity contribution >= 4 is 23.5 Å². The average Bonchev–Trinajstić information content (AvgIpc) is 2.44. The van der Waals surface area contributed by atoms with Gasteiger partial charge in [-0.2, -0.15) is 0 Å². The van der Waals surface area contributed by atoms with Gasteiger partial charge in [-0.25, -0.2) is 4.79 Å². The van der Waals surface area contributed by atoms with E-state index in [4.69, 9.17) is 16.3 Å². The quantitative estimate of drug-likeness (QED) is 0.751. The van der Waals surface area contributed by atoms with E-state index in [0.29, 0.717) is 11.4 Å². The molecule has 0 bridgehead atoms. The predicted molar refractivity (Wildman–Crippen MR) is 84.6 cm³/mol. The van der Waals surface area contributed by atoms with Crippen molar-refractivity contribution in [2.75, 3.05) is 7.11 Å². The SMILES string of the molecule is COC(=O)[C@@H](Cc1cccc(Cl)c1)NC(=O)[C@H](O)CC(C)C. The molecule has 1 aromatic carbocycles. The van der Waals surface area contributed by atoms with E-state index in [0.717, 1.165) is 5.56 Å². The van der Waals surface area contributed by atoms with Gasteiger partial charge in [0.05, 0.1) is 7.11 Å². The zero-order valence-electron chi connectivity index (χ0n) is 13.0. The number of hydrogen-bond acceptors (Lipinski definition) is 4. The number of aliphatic hydroxyl groups is 1. The Balaban J connectivity index is 2.77. The van der Waals surface area contributed by atoms with Crippen molar-refractivity contribution in [2.24, 2.45) is 5.92 Å². The van der Waals surface area contributed by atoms with E-state index >= 15 is 0 Å². The van der Waals surface area contributed by atoms with Gasteiger partial charge in [0.25, 0.3) is 0 Å². The summed E-state index contributed by atoms with van der Waals surface area (Å²) in [6, 6.07) is 6.15. The number of benzene rings is 1. The van der Waals surface area contributed by atoms with Crippen LogP contribution in [0.1, 0.15) is 25.8 Å². The van der Waals surface area contributed by atoms with E-state index in [1.54, 1.807) is 24.3 Å². The number of ether oxygens (including phenoxy) is 1. The van der Waals surface area contributed by atoms with Crippen LogP contribution >= 0.6 is 11.6 Å². The van der Waals surface area contributed by atoms with Crippen LogP contribution in [0.4, 0.5) is 0 Å². The topological polar surface area (TPSA) is 75.6 Å². The van der Waals surface area contributed by atoms with Gasteiger partial charge in [-0.15, -0.1) is 0 Å². The maximum absolute atomic E-state index is 12.0. The first kappa shape index (κ1) is 18.5. The highest BCUT2D eigenvalue weighted by Crippen LogP contribution is 2.13. The summed E-state index contributed by atoms with van der Waals surface area (Å²) in [5.74, 6) is -0.971. The first-order chi connectivity index (χ1) is 10.3. The van der Waals surface area contributed by atoms with Crippen LogP contribution < -0.4 is 5.32 Å². The molecule has 1 amide bonds. The van der Waals surface area contributed by atoms with E-state index in [-0.39, 0.29) is 12.3 Å². The van der Waals surface area contributed by atoms with Crippen LogP contribution in [-0.2, 0) is 20.7 Å².